The van der Waals surface area contributed by atoms with Gasteiger partial charge in [-0.15, -0.1) is 0 Å². The summed E-state index contributed by atoms with van der Waals surface area (Å²) in [4.78, 5) is 14.1. The minimum Gasteiger partial charge on any atom is -0.356 e. The van der Waals surface area contributed by atoms with E-state index in [-0.39, 0.29) is 11.8 Å². The Balaban J connectivity index is 1.63. The van der Waals surface area contributed by atoms with E-state index >= 15 is 0 Å². The molecule has 3 nitrogen and oxygen atoms in total. The zero-order chi connectivity index (χ0) is 10.4. The number of nitrogens with one attached hydrogen (secondary N) is 1. The van der Waals surface area contributed by atoms with E-state index in [2.05, 4.69) is 17.1 Å². The number of carbonyl (C=O) groups is 1. The second kappa shape index (κ2) is 3.48. The van der Waals surface area contributed by atoms with E-state index in [1.807, 2.05) is 0 Å². The number of rotatable bonds is 2. The van der Waals surface area contributed by atoms with Crippen LogP contribution in [0.1, 0.15) is 19.8 Å². The van der Waals surface area contributed by atoms with Gasteiger partial charge in [-0.25, -0.2) is 0 Å². The summed E-state index contributed by atoms with van der Waals surface area (Å²) < 4.78 is 0. The molecule has 84 valence electrons. The van der Waals surface area contributed by atoms with Crippen molar-refractivity contribution in [3.8, 4) is 0 Å². The molecule has 3 heteroatoms. The molecule has 3 atom stereocenters. The first kappa shape index (κ1) is 9.64. The molecular weight excluding hydrogens is 188 g/mol. The van der Waals surface area contributed by atoms with Gasteiger partial charge in [-0.2, -0.15) is 0 Å². The summed E-state index contributed by atoms with van der Waals surface area (Å²) >= 11 is 0. The molecule has 2 saturated heterocycles. The smallest absolute Gasteiger partial charge is 0.223 e. The van der Waals surface area contributed by atoms with E-state index in [1.165, 1.54) is 25.9 Å². The van der Waals surface area contributed by atoms with Crippen LogP contribution in [0.2, 0.25) is 0 Å². The van der Waals surface area contributed by atoms with Crippen LogP contribution >= 0.6 is 0 Å². The lowest BCUT2D eigenvalue weighted by Crippen LogP contribution is -2.46. The molecule has 0 spiro atoms. The predicted octanol–water partition coefficient (Wildman–Crippen LogP) is 0.710. The molecular formula is C12H20N2O. The van der Waals surface area contributed by atoms with Gasteiger partial charge in [-0.3, -0.25) is 4.79 Å². The number of hydrogen-bond donors (Lipinski definition) is 1. The lowest BCUT2D eigenvalue weighted by Gasteiger charge is -2.30. The summed E-state index contributed by atoms with van der Waals surface area (Å²) in [6.45, 7) is 6.66. The Labute approximate surface area is 91.2 Å². The van der Waals surface area contributed by atoms with E-state index in [0.29, 0.717) is 5.92 Å². The molecule has 0 radical (unpaired) electrons. The highest BCUT2D eigenvalue weighted by Gasteiger charge is 2.42. The maximum Gasteiger partial charge on any atom is 0.223 e. The fourth-order valence-electron chi connectivity index (χ4n) is 3.17. The van der Waals surface area contributed by atoms with Crippen LogP contribution in [-0.2, 0) is 4.79 Å². The zero-order valence-electron chi connectivity index (χ0n) is 9.41. The van der Waals surface area contributed by atoms with Gasteiger partial charge in [0.1, 0.15) is 0 Å². The van der Waals surface area contributed by atoms with Gasteiger partial charge < -0.3 is 10.2 Å². The Morgan fingerprint density at radius 3 is 2.93 bits per heavy atom. The number of likely N-dealkylation sites (tertiary alicyclic amines) is 1. The van der Waals surface area contributed by atoms with Crippen LogP contribution in [-0.4, -0.2) is 37.0 Å². The fourth-order valence-corrected chi connectivity index (χ4v) is 3.17. The lowest BCUT2D eigenvalue weighted by atomic mass is 9.81. The van der Waals surface area contributed by atoms with Gasteiger partial charge in [0.05, 0.1) is 0 Å². The van der Waals surface area contributed by atoms with Crippen molar-refractivity contribution in [3.63, 3.8) is 0 Å². The molecule has 1 aliphatic carbocycles. The monoisotopic (exact) mass is 208 g/mol. The standard InChI is InChI=1S/C12H20N2O/c1-8-11-7-14(5-9-2-3-9)6-10(11)4-13-12(8)15/h8-11H,2-7H2,1H3,(H,13,15)/t8-,10+,11+/m1/s1. The Kier molecular flexibility index (Phi) is 2.23. The topological polar surface area (TPSA) is 32.3 Å². The van der Waals surface area contributed by atoms with Crippen LogP contribution in [0.25, 0.3) is 0 Å². The third-order valence-corrected chi connectivity index (χ3v) is 4.37. The van der Waals surface area contributed by atoms with Crippen molar-refractivity contribution in [2.24, 2.45) is 23.7 Å². The Hall–Kier alpha value is -0.570. The van der Waals surface area contributed by atoms with Crippen molar-refractivity contribution in [2.45, 2.75) is 19.8 Å². The molecule has 0 bridgehead atoms. The van der Waals surface area contributed by atoms with Crippen molar-refractivity contribution >= 4 is 5.91 Å². The van der Waals surface area contributed by atoms with Crippen molar-refractivity contribution in [1.29, 1.82) is 0 Å². The van der Waals surface area contributed by atoms with Crippen molar-refractivity contribution in [2.75, 3.05) is 26.2 Å². The molecule has 0 aromatic rings. The van der Waals surface area contributed by atoms with Gasteiger partial charge in [-0.1, -0.05) is 6.92 Å². The largest absolute Gasteiger partial charge is 0.356 e. The Morgan fingerprint density at radius 1 is 1.40 bits per heavy atom. The molecule has 3 aliphatic rings. The van der Waals surface area contributed by atoms with E-state index in [4.69, 9.17) is 0 Å². The maximum absolute atomic E-state index is 11.5. The van der Waals surface area contributed by atoms with Crippen LogP contribution < -0.4 is 5.32 Å². The van der Waals surface area contributed by atoms with Gasteiger partial charge in [-0.05, 0) is 30.6 Å². The molecule has 15 heavy (non-hydrogen) atoms. The first-order valence-electron chi connectivity index (χ1n) is 6.24. The average molecular weight is 208 g/mol. The summed E-state index contributed by atoms with van der Waals surface area (Å²) in [5, 5.41) is 3.03. The number of piperidine rings is 1. The Bertz CT molecular complexity index is 275. The summed E-state index contributed by atoms with van der Waals surface area (Å²) in [5.74, 6) is 2.82. The van der Waals surface area contributed by atoms with Gasteiger partial charge in [0.15, 0.2) is 0 Å². The molecule has 0 aromatic carbocycles. The molecule has 2 aliphatic heterocycles. The molecule has 3 rings (SSSR count). The van der Waals surface area contributed by atoms with Crippen LogP contribution in [0, 0.1) is 23.7 Å². The van der Waals surface area contributed by atoms with E-state index in [0.717, 1.165) is 24.9 Å². The number of hydrogen-bond acceptors (Lipinski definition) is 2. The Morgan fingerprint density at radius 2 is 2.20 bits per heavy atom. The lowest BCUT2D eigenvalue weighted by molar-refractivity contribution is -0.128. The molecule has 1 N–H and O–H groups in total. The van der Waals surface area contributed by atoms with E-state index in [1.54, 1.807) is 0 Å². The van der Waals surface area contributed by atoms with Gasteiger partial charge in [0.2, 0.25) is 5.91 Å². The number of amides is 1. The maximum atomic E-state index is 11.5. The molecule has 3 fully saturated rings. The van der Waals surface area contributed by atoms with Crippen molar-refractivity contribution < 1.29 is 4.79 Å². The average Bonchev–Trinajstić information content (AvgIpc) is 2.91. The van der Waals surface area contributed by atoms with Gasteiger partial charge in [0, 0.05) is 32.1 Å². The molecule has 1 amide bonds. The highest BCUT2D eigenvalue weighted by molar-refractivity contribution is 5.79. The first-order valence-corrected chi connectivity index (χ1v) is 6.24. The summed E-state index contributed by atoms with van der Waals surface area (Å²) in [6.07, 6.45) is 2.86. The minimum absolute atomic E-state index is 0.230. The highest BCUT2D eigenvalue weighted by atomic mass is 16.1. The summed E-state index contributed by atoms with van der Waals surface area (Å²) in [7, 11) is 0. The van der Waals surface area contributed by atoms with Crippen LogP contribution in [0.5, 0.6) is 0 Å². The first-order chi connectivity index (χ1) is 7.24. The molecule has 2 heterocycles. The summed E-state index contributed by atoms with van der Waals surface area (Å²) in [6, 6.07) is 0. The predicted molar refractivity (Wildman–Crippen MR) is 58.3 cm³/mol. The van der Waals surface area contributed by atoms with Crippen molar-refractivity contribution in [1.82, 2.24) is 10.2 Å². The minimum atomic E-state index is 0.230. The van der Waals surface area contributed by atoms with Crippen LogP contribution in [0.3, 0.4) is 0 Å². The molecule has 0 unspecified atom stereocenters. The third kappa shape index (κ3) is 1.78. The third-order valence-electron chi connectivity index (χ3n) is 4.37. The highest BCUT2D eigenvalue weighted by Crippen LogP contribution is 2.36. The van der Waals surface area contributed by atoms with Crippen LogP contribution in [0.4, 0.5) is 0 Å². The zero-order valence-corrected chi connectivity index (χ0v) is 9.41. The van der Waals surface area contributed by atoms with E-state index in [9.17, 15) is 4.79 Å². The second-order valence-corrected chi connectivity index (χ2v) is 5.62. The number of carbonyl (C=O) groups excluding carboxylic acids is 1. The molecule has 1 saturated carbocycles. The number of nitrogens with zero attached hydrogens (tertiary/aromatic N) is 1. The van der Waals surface area contributed by atoms with E-state index < -0.39 is 0 Å². The quantitative estimate of drug-likeness (QED) is 0.725. The summed E-state index contributed by atoms with van der Waals surface area (Å²) in [5.41, 5.74) is 0. The van der Waals surface area contributed by atoms with Crippen molar-refractivity contribution in [3.05, 3.63) is 0 Å². The van der Waals surface area contributed by atoms with Crippen LogP contribution in [0.15, 0.2) is 0 Å². The second-order valence-electron chi connectivity index (χ2n) is 5.62. The van der Waals surface area contributed by atoms with Gasteiger partial charge >= 0.3 is 0 Å². The van der Waals surface area contributed by atoms with Gasteiger partial charge in [0.25, 0.3) is 0 Å². The molecule has 0 aromatic heterocycles. The fraction of sp³-hybridized carbons (Fsp3) is 0.917. The number of fused-ring (bicyclic) bond motifs is 1. The normalized spacial score (nSPS) is 41.4. The SMILES string of the molecule is C[C@H]1C(=O)NC[C@H]2CN(CC3CC3)C[C@H]21.